The Bertz CT molecular complexity index is 371. The van der Waals surface area contributed by atoms with E-state index in [-0.39, 0.29) is 12.3 Å². The van der Waals surface area contributed by atoms with Crippen molar-refractivity contribution in [3.05, 3.63) is 33.9 Å². The molecule has 0 aliphatic carbocycles. The Morgan fingerprint density at radius 2 is 2.31 bits per heavy atom. The number of thioether (sulfide) groups is 1. The number of nitrogens with zero attached hydrogens (tertiary/aromatic N) is 1. The topological polar surface area (TPSA) is 75.4 Å². The van der Waals surface area contributed by atoms with Crippen LogP contribution < -0.4 is 5.32 Å². The van der Waals surface area contributed by atoms with Gasteiger partial charge in [-0.2, -0.15) is 11.8 Å². The van der Waals surface area contributed by atoms with Gasteiger partial charge in [-0.05, 0) is 11.6 Å². The van der Waals surface area contributed by atoms with Gasteiger partial charge in [0.05, 0.1) is 11.5 Å². The van der Waals surface area contributed by atoms with E-state index in [2.05, 4.69) is 5.32 Å². The molecule has 1 aromatic carbocycles. The Hall–Kier alpha value is -1.27. The maximum absolute atomic E-state index is 10.7. The number of aliphatic hydroxyl groups is 1. The molecular weight excluding hydrogens is 228 g/mol. The molecule has 0 unspecified atom stereocenters. The van der Waals surface area contributed by atoms with Gasteiger partial charge in [-0.1, -0.05) is 6.07 Å². The SMILES string of the molecule is CNc1cc(CSCCO)ccc1[N+](=O)[O-]. The third-order valence-corrected chi connectivity index (χ3v) is 3.04. The number of nitrogens with one attached hydrogen (secondary N) is 1. The summed E-state index contributed by atoms with van der Waals surface area (Å²) in [6, 6.07) is 5.01. The molecule has 0 atom stereocenters. The number of benzene rings is 1. The number of nitro benzene ring substituents is 1. The molecule has 0 aliphatic rings. The molecule has 1 aromatic rings. The van der Waals surface area contributed by atoms with Crippen LogP contribution >= 0.6 is 11.8 Å². The maximum atomic E-state index is 10.7. The summed E-state index contributed by atoms with van der Waals surface area (Å²) in [6.45, 7) is 0.149. The zero-order valence-corrected chi connectivity index (χ0v) is 9.79. The lowest BCUT2D eigenvalue weighted by Gasteiger charge is -2.05. The quantitative estimate of drug-likeness (QED) is 0.452. The van der Waals surface area contributed by atoms with Crippen LogP contribution in [0.5, 0.6) is 0 Å². The molecule has 0 saturated heterocycles. The fourth-order valence-electron chi connectivity index (χ4n) is 1.29. The van der Waals surface area contributed by atoms with Crippen LogP contribution in [0.25, 0.3) is 0 Å². The minimum absolute atomic E-state index is 0.0819. The summed E-state index contributed by atoms with van der Waals surface area (Å²) in [5.41, 5.74) is 1.61. The molecule has 1 rings (SSSR count). The fraction of sp³-hybridized carbons (Fsp3) is 0.400. The highest BCUT2D eigenvalue weighted by Crippen LogP contribution is 2.26. The summed E-state index contributed by atoms with van der Waals surface area (Å²) in [5.74, 6) is 1.42. The highest BCUT2D eigenvalue weighted by molar-refractivity contribution is 7.98. The number of hydrogen-bond acceptors (Lipinski definition) is 5. The predicted molar refractivity (Wildman–Crippen MR) is 65.9 cm³/mol. The molecular formula is C10H14N2O3S. The highest BCUT2D eigenvalue weighted by Gasteiger charge is 2.12. The number of anilines is 1. The third kappa shape index (κ3) is 3.39. The first-order chi connectivity index (χ1) is 7.69. The Balaban J connectivity index is 2.78. The van der Waals surface area contributed by atoms with E-state index in [1.165, 1.54) is 6.07 Å². The lowest BCUT2D eigenvalue weighted by Crippen LogP contribution is -1.97. The van der Waals surface area contributed by atoms with Crippen LogP contribution in [0.3, 0.4) is 0 Å². The predicted octanol–water partition coefficient (Wildman–Crippen LogP) is 1.86. The van der Waals surface area contributed by atoms with Crippen molar-refractivity contribution in [1.29, 1.82) is 0 Å². The summed E-state index contributed by atoms with van der Waals surface area (Å²) in [5, 5.41) is 22.1. The Labute approximate surface area is 98.0 Å². The van der Waals surface area contributed by atoms with E-state index in [0.29, 0.717) is 11.4 Å². The van der Waals surface area contributed by atoms with Crippen LogP contribution in [0, 0.1) is 10.1 Å². The van der Waals surface area contributed by atoms with Crippen molar-refractivity contribution in [3.63, 3.8) is 0 Å². The highest BCUT2D eigenvalue weighted by atomic mass is 32.2. The van der Waals surface area contributed by atoms with E-state index in [0.717, 1.165) is 11.3 Å². The summed E-state index contributed by atoms with van der Waals surface area (Å²) >= 11 is 1.59. The van der Waals surface area contributed by atoms with E-state index in [1.807, 2.05) is 0 Å². The molecule has 6 heteroatoms. The van der Waals surface area contributed by atoms with Gasteiger partial charge in [0.2, 0.25) is 0 Å². The summed E-state index contributed by atoms with van der Waals surface area (Å²) in [6.07, 6.45) is 0. The first kappa shape index (κ1) is 12.8. The van der Waals surface area contributed by atoms with Crippen molar-refractivity contribution in [2.24, 2.45) is 0 Å². The van der Waals surface area contributed by atoms with Crippen LogP contribution in [0.1, 0.15) is 5.56 Å². The van der Waals surface area contributed by atoms with Crippen molar-refractivity contribution in [3.8, 4) is 0 Å². The molecule has 2 N–H and O–H groups in total. The number of nitro groups is 1. The average molecular weight is 242 g/mol. The lowest BCUT2D eigenvalue weighted by atomic mass is 10.2. The van der Waals surface area contributed by atoms with Gasteiger partial charge in [-0.3, -0.25) is 10.1 Å². The van der Waals surface area contributed by atoms with Gasteiger partial charge in [0.1, 0.15) is 5.69 Å². The van der Waals surface area contributed by atoms with Crippen molar-refractivity contribution in [2.75, 3.05) is 24.7 Å². The normalized spacial score (nSPS) is 10.1. The number of hydrogen-bond donors (Lipinski definition) is 2. The molecule has 0 heterocycles. The van der Waals surface area contributed by atoms with Crippen LogP contribution in [-0.2, 0) is 5.75 Å². The zero-order chi connectivity index (χ0) is 12.0. The Morgan fingerprint density at radius 1 is 1.56 bits per heavy atom. The molecule has 0 fully saturated rings. The second-order valence-electron chi connectivity index (χ2n) is 3.13. The van der Waals surface area contributed by atoms with Gasteiger partial charge in [0, 0.05) is 24.6 Å². The molecule has 0 spiro atoms. The molecule has 0 aromatic heterocycles. The van der Waals surface area contributed by atoms with Crippen molar-refractivity contribution in [1.82, 2.24) is 0 Å². The van der Waals surface area contributed by atoms with Crippen LogP contribution in [-0.4, -0.2) is 29.4 Å². The first-order valence-corrected chi connectivity index (χ1v) is 5.98. The van der Waals surface area contributed by atoms with E-state index >= 15 is 0 Å². The largest absolute Gasteiger partial charge is 0.396 e. The van der Waals surface area contributed by atoms with Gasteiger partial charge in [-0.25, -0.2) is 0 Å². The first-order valence-electron chi connectivity index (χ1n) is 4.82. The third-order valence-electron chi connectivity index (χ3n) is 2.03. The van der Waals surface area contributed by atoms with E-state index in [9.17, 15) is 10.1 Å². The van der Waals surface area contributed by atoms with Crippen molar-refractivity contribution >= 4 is 23.1 Å². The zero-order valence-electron chi connectivity index (χ0n) is 8.97. The number of rotatable bonds is 6. The van der Waals surface area contributed by atoms with E-state index in [4.69, 9.17) is 5.11 Å². The van der Waals surface area contributed by atoms with Gasteiger partial charge >= 0.3 is 0 Å². The van der Waals surface area contributed by atoms with Gasteiger partial charge < -0.3 is 10.4 Å². The second kappa shape index (κ2) is 6.34. The molecule has 0 bridgehead atoms. The molecule has 0 aliphatic heterocycles. The maximum Gasteiger partial charge on any atom is 0.292 e. The van der Waals surface area contributed by atoms with Crippen LogP contribution in [0.2, 0.25) is 0 Å². The molecule has 0 saturated carbocycles. The van der Waals surface area contributed by atoms with Gasteiger partial charge in [0.15, 0.2) is 0 Å². The standard InChI is InChI=1S/C10H14N2O3S/c1-11-9-6-8(7-16-5-4-13)2-3-10(9)12(14)15/h2-3,6,11,13H,4-5,7H2,1H3. The second-order valence-corrected chi connectivity index (χ2v) is 4.24. The molecule has 16 heavy (non-hydrogen) atoms. The summed E-state index contributed by atoms with van der Waals surface area (Å²) in [7, 11) is 1.66. The monoisotopic (exact) mass is 242 g/mol. The molecule has 0 radical (unpaired) electrons. The Morgan fingerprint density at radius 3 is 2.88 bits per heavy atom. The van der Waals surface area contributed by atoms with Gasteiger partial charge in [0.25, 0.3) is 5.69 Å². The van der Waals surface area contributed by atoms with Crippen molar-refractivity contribution < 1.29 is 10.0 Å². The smallest absolute Gasteiger partial charge is 0.292 e. The van der Waals surface area contributed by atoms with Crippen LogP contribution in [0.15, 0.2) is 18.2 Å². The van der Waals surface area contributed by atoms with Crippen molar-refractivity contribution in [2.45, 2.75) is 5.75 Å². The van der Waals surface area contributed by atoms with Crippen LogP contribution in [0.4, 0.5) is 11.4 Å². The number of aliphatic hydroxyl groups excluding tert-OH is 1. The summed E-state index contributed by atoms with van der Waals surface area (Å²) in [4.78, 5) is 10.3. The minimum atomic E-state index is -0.406. The minimum Gasteiger partial charge on any atom is -0.396 e. The average Bonchev–Trinajstić information content (AvgIpc) is 2.29. The summed E-state index contributed by atoms with van der Waals surface area (Å²) < 4.78 is 0. The molecule has 88 valence electrons. The molecule has 0 amide bonds. The Kier molecular flexibility index (Phi) is 5.07. The lowest BCUT2D eigenvalue weighted by molar-refractivity contribution is -0.383. The van der Waals surface area contributed by atoms with E-state index in [1.54, 1.807) is 30.9 Å². The van der Waals surface area contributed by atoms with Gasteiger partial charge in [-0.15, -0.1) is 0 Å². The molecule has 5 nitrogen and oxygen atoms in total. The van der Waals surface area contributed by atoms with E-state index < -0.39 is 4.92 Å². The fourth-order valence-corrected chi connectivity index (χ4v) is 1.98.